The van der Waals surface area contributed by atoms with Crippen LogP contribution < -0.4 is 4.74 Å². The van der Waals surface area contributed by atoms with Gasteiger partial charge in [-0.1, -0.05) is 25.8 Å². The first-order valence-corrected chi connectivity index (χ1v) is 12.4. The van der Waals surface area contributed by atoms with Gasteiger partial charge in [-0.2, -0.15) is 0 Å². The van der Waals surface area contributed by atoms with Crippen LogP contribution >= 0.6 is 22.6 Å². The van der Waals surface area contributed by atoms with Crippen LogP contribution in [0.4, 0.5) is 0 Å². The number of nitrogens with zero attached hydrogens (tertiary/aromatic N) is 1. The monoisotopic (exact) mass is 553 g/mol. The molecule has 2 saturated heterocycles. The van der Waals surface area contributed by atoms with Crippen molar-refractivity contribution in [2.75, 3.05) is 13.7 Å². The third-order valence-electron chi connectivity index (χ3n) is 6.94. The van der Waals surface area contributed by atoms with Crippen molar-refractivity contribution in [3.8, 4) is 11.5 Å². The Hall–Kier alpha value is -1.59. The van der Waals surface area contributed by atoms with Gasteiger partial charge in [0.05, 0.1) is 28.6 Å². The number of allylic oxidation sites excluding steroid dienone is 2. The third-order valence-corrected chi connectivity index (χ3v) is 7.77. The molecule has 7 nitrogen and oxygen atoms in total. The van der Waals surface area contributed by atoms with Crippen molar-refractivity contribution in [2.24, 2.45) is 17.8 Å². The Morgan fingerprint density at radius 2 is 1.97 bits per heavy atom. The van der Waals surface area contributed by atoms with E-state index in [2.05, 4.69) is 6.92 Å². The Bertz CT molecular complexity index is 966. The number of phenols is 1. The molecule has 0 radical (unpaired) electrons. The largest absolute Gasteiger partial charge is 0.504 e. The van der Waals surface area contributed by atoms with E-state index in [-0.39, 0.29) is 29.4 Å². The van der Waals surface area contributed by atoms with Crippen LogP contribution in [0, 0.1) is 21.3 Å². The summed E-state index contributed by atoms with van der Waals surface area (Å²) in [7, 11) is 0.363. The second-order valence-corrected chi connectivity index (χ2v) is 10.0. The molecule has 0 bridgehead atoms. The van der Waals surface area contributed by atoms with Crippen LogP contribution in [0.1, 0.15) is 57.6 Å². The Labute approximate surface area is 202 Å². The Balaban J connectivity index is 1.74. The number of rotatable bonds is 6. The minimum atomic E-state index is -1.12. The zero-order valence-electron chi connectivity index (χ0n) is 18.6. The normalized spacial score (nSPS) is 27.7. The third kappa shape index (κ3) is 3.86. The van der Waals surface area contributed by atoms with Gasteiger partial charge in [0.2, 0.25) is 11.8 Å². The first-order valence-electron chi connectivity index (χ1n) is 11.3. The van der Waals surface area contributed by atoms with Gasteiger partial charge in [-0.05, 0) is 77.4 Å². The maximum absolute atomic E-state index is 13.3. The molecule has 1 aromatic carbocycles. The SMILES string of the molecule is CCCC1=C2B(O)O[C@H](c3cc(I)c(O)c(OC)c3)C[C@H]2[C@H]2C(=O)N(CCC)C(=O)[C@H]2C1. The number of aromatic hydroxyl groups is 1. The van der Waals surface area contributed by atoms with Crippen molar-refractivity contribution in [3.63, 3.8) is 0 Å². The lowest BCUT2D eigenvalue weighted by Crippen LogP contribution is -2.45. The quantitative estimate of drug-likeness (QED) is 0.318. The lowest BCUT2D eigenvalue weighted by Gasteiger charge is -2.42. The molecule has 3 aliphatic rings. The summed E-state index contributed by atoms with van der Waals surface area (Å²) in [5.41, 5.74) is 2.62. The minimum Gasteiger partial charge on any atom is -0.504 e. The van der Waals surface area contributed by atoms with Crippen molar-refractivity contribution in [3.05, 3.63) is 32.3 Å². The lowest BCUT2D eigenvalue weighted by atomic mass is 9.54. The maximum atomic E-state index is 13.3. The second kappa shape index (κ2) is 9.34. The fraction of sp³-hybridized carbons (Fsp3) is 0.565. The van der Waals surface area contributed by atoms with E-state index in [0.717, 1.165) is 35.9 Å². The van der Waals surface area contributed by atoms with E-state index in [1.807, 2.05) is 35.6 Å². The number of halogens is 1. The van der Waals surface area contributed by atoms with E-state index in [4.69, 9.17) is 9.39 Å². The number of hydrogen-bond acceptors (Lipinski definition) is 6. The van der Waals surface area contributed by atoms with E-state index in [0.29, 0.717) is 28.7 Å². The van der Waals surface area contributed by atoms with E-state index in [1.165, 1.54) is 12.0 Å². The van der Waals surface area contributed by atoms with Crippen LogP contribution in [-0.4, -0.2) is 47.6 Å². The van der Waals surface area contributed by atoms with Crippen LogP contribution in [0.15, 0.2) is 23.2 Å². The van der Waals surface area contributed by atoms with Gasteiger partial charge in [0, 0.05) is 6.54 Å². The zero-order chi connectivity index (χ0) is 23.2. The molecule has 4 rings (SSSR count). The summed E-state index contributed by atoms with van der Waals surface area (Å²) in [5.74, 6) is -0.865. The summed E-state index contributed by atoms with van der Waals surface area (Å²) < 4.78 is 12.0. The molecule has 2 amide bonds. The number of carbonyl (C=O) groups excluding carboxylic acids is 2. The maximum Gasteiger partial charge on any atom is 0.487 e. The first-order chi connectivity index (χ1) is 15.3. The highest BCUT2D eigenvalue weighted by Gasteiger charge is 2.57. The highest BCUT2D eigenvalue weighted by molar-refractivity contribution is 14.1. The Morgan fingerprint density at radius 3 is 2.62 bits per heavy atom. The summed E-state index contributed by atoms with van der Waals surface area (Å²) in [6, 6.07) is 3.52. The molecule has 9 heteroatoms. The number of amides is 2. The fourth-order valence-electron chi connectivity index (χ4n) is 5.61. The highest BCUT2D eigenvalue weighted by atomic mass is 127. The number of benzene rings is 1. The van der Waals surface area contributed by atoms with Crippen molar-refractivity contribution >= 4 is 41.5 Å². The highest BCUT2D eigenvalue weighted by Crippen LogP contribution is 2.52. The van der Waals surface area contributed by atoms with E-state index in [1.54, 1.807) is 6.07 Å². The number of ether oxygens (including phenoxy) is 1. The summed E-state index contributed by atoms with van der Waals surface area (Å²) in [5, 5.41) is 21.3. The van der Waals surface area contributed by atoms with Gasteiger partial charge in [0.15, 0.2) is 11.5 Å². The van der Waals surface area contributed by atoms with Crippen molar-refractivity contribution < 1.29 is 29.1 Å². The molecule has 0 saturated carbocycles. The van der Waals surface area contributed by atoms with Crippen molar-refractivity contribution in [1.82, 2.24) is 4.90 Å². The topological polar surface area (TPSA) is 96.3 Å². The average molecular weight is 553 g/mol. The Morgan fingerprint density at radius 1 is 1.22 bits per heavy atom. The average Bonchev–Trinajstić information content (AvgIpc) is 3.00. The molecule has 32 heavy (non-hydrogen) atoms. The number of phenolic OH excluding ortho intramolecular Hbond substituents is 1. The lowest BCUT2D eigenvalue weighted by molar-refractivity contribution is -0.140. The molecule has 4 atom stereocenters. The van der Waals surface area contributed by atoms with Gasteiger partial charge in [0.25, 0.3) is 0 Å². The van der Waals surface area contributed by atoms with Gasteiger partial charge in [-0.3, -0.25) is 14.5 Å². The molecule has 2 N–H and O–H groups in total. The fourth-order valence-corrected chi connectivity index (χ4v) is 6.23. The van der Waals surface area contributed by atoms with Crippen LogP contribution in [0.2, 0.25) is 0 Å². The predicted molar refractivity (Wildman–Crippen MR) is 128 cm³/mol. The zero-order valence-corrected chi connectivity index (χ0v) is 20.8. The number of imide groups is 1. The van der Waals surface area contributed by atoms with Crippen LogP contribution in [0.5, 0.6) is 11.5 Å². The molecule has 172 valence electrons. The molecule has 2 fully saturated rings. The van der Waals surface area contributed by atoms with Crippen molar-refractivity contribution in [2.45, 2.75) is 52.1 Å². The van der Waals surface area contributed by atoms with Crippen molar-refractivity contribution in [1.29, 1.82) is 0 Å². The summed E-state index contributed by atoms with van der Waals surface area (Å²) in [4.78, 5) is 27.8. The van der Waals surface area contributed by atoms with Gasteiger partial charge in [-0.25, -0.2) is 0 Å². The van der Waals surface area contributed by atoms with Crippen LogP contribution in [-0.2, 0) is 14.2 Å². The molecule has 0 spiro atoms. The summed E-state index contributed by atoms with van der Waals surface area (Å²) in [6.07, 6.45) is 2.93. The van der Waals surface area contributed by atoms with E-state index < -0.39 is 19.1 Å². The van der Waals surface area contributed by atoms with Crippen LogP contribution in [0.3, 0.4) is 0 Å². The molecule has 0 unspecified atom stereocenters. The van der Waals surface area contributed by atoms with Gasteiger partial charge < -0.3 is 19.5 Å². The molecular weight excluding hydrogens is 524 g/mol. The molecule has 2 aliphatic heterocycles. The first kappa shape index (κ1) is 23.6. The molecule has 2 heterocycles. The number of fused-ring (bicyclic) bond motifs is 3. The molecular formula is C23H29BINO6. The van der Waals surface area contributed by atoms with E-state index in [9.17, 15) is 19.7 Å². The van der Waals surface area contributed by atoms with Gasteiger partial charge >= 0.3 is 7.12 Å². The smallest absolute Gasteiger partial charge is 0.487 e. The number of carbonyl (C=O) groups is 2. The molecule has 0 aromatic heterocycles. The molecule has 1 aliphatic carbocycles. The minimum absolute atomic E-state index is 0.0588. The van der Waals surface area contributed by atoms with Gasteiger partial charge in [0.1, 0.15) is 0 Å². The summed E-state index contributed by atoms with van der Waals surface area (Å²) >= 11 is 2.03. The molecule has 1 aromatic rings. The Kier molecular flexibility index (Phi) is 6.88. The number of methoxy groups -OCH3 is 1. The van der Waals surface area contributed by atoms with Gasteiger partial charge in [-0.15, -0.1) is 0 Å². The number of hydrogen-bond donors (Lipinski definition) is 2. The predicted octanol–water partition coefficient (Wildman–Crippen LogP) is 3.61. The van der Waals surface area contributed by atoms with Crippen LogP contribution in [0.25, 0.3) is 0 Å². The standard InChI is InChI=1S/C23H29BINO6/c1-4-6-12-8-15-19(23(29)26(7-5-2)22(15)28)14-11-17(32-24(30)20(12)14)13-9-16(25)21(27)18(10-13)31-3/h9-10,14-15,17,19,27,30H,4-8,11H2,1-3H3/t14-,15-,17-,19+/m0/s1. The number of likely N-dealkylation sites (tertiary alicyclic amines) is 1. The van der Waals surface area contributed by atoms with E-state index >= 15 is 0 Å². The second-order valence-electron chi connectivity index (χ2n) is 8.85. The summed E-state index contributed by atoms with van der Waals surface area (Å²) in [6.45, 7) is 4.47.